The fourth-order valence-corrected chi connectivity index (χ4v) is 3.62. The molecule has 0 radical (unpaired) electrons. The van der Waals surface area contributed by atoms with Crippen LogP contribution >= 0.6 is 11.3 Å². The molecule has 2 aromatic heterocycles. The lowest BCUT2D eigenvalue weighted by Gasteiger charge is -1.99. The summed E-state index contributed by atoms with van der Waals surface area (Å²) in [6.45, 7) is 0. The Morgan fingerprint density at radius 3 is 2.76 bits per heavy atom. The van der Waals surface area contributed by atoms with Crippen molar-refractivity contribution < 1.29 is 4.74 Å². The Morgan fingerprint density at radius 1 is 1.12 bits per heavy atom. The van der Waals surface area contributed by atoms with Gasteiger partial charge in [0.25, 0.3) is 5.56 Å². The Labute approximate surface area is 147 Å². The standard InChI is InChI=1S/C19H15N3O2S/c1-24-15-9-5-8-14(10-15)11-16-18(23)22-17(20-21-19(22)25-16)12-13-6-3-2-4-7-13/h2-11H,12H2,1H3. The number of methoxy groups -OCH3 is 1. The molecule has 4 rings (SSSR count). The first-order valence-electron chi connectivity index (χ1n) is 7.81. The maximum atomic E-state index is 12.8. The highest BCUT2D eigenvalue weighted by atomic mass is 32.1. The van der Waals surface area contributed by atoms with Crippen LogP contribution in [0.3, 0.4) is 0 Å². The van der Waals surface area contributed by atoms with Crippen molar-refractivity contribution in [1.82, 2.24) is 14.6 Å². The van der Waals surface area contributed by atoms with Crippen LogP contribution in [0.5, 0.6) is 5.75 Å². The first kappa shape index (κ1) is 15.5. The highest BCUT2D eigenvalue weighted by Crippen LogP contribution is 2.13. The molecule has 0 bridgehead atoms. The third kappa shape index (κ3) is 3.04. The van der Waals surface area contributed by atoms with Crippen molar-refractivity contribution in [3.05, 3.63) is 86.4 Å². The lowest BCUT2D eigenvalue weighted by atomic mass is 10.1. The van der Waals surface area contributed by atoms with Crippen LogP contribution in [0.25, 0.3) is 11.0 Å². The van der Waals surface area contributed by atoms with Gasteiger partial charge in [-0.05, 0) is 29.3 Å². The molecule has 6 heteroatoms. The van der Waals surface area contributed by atoms with Crippen molar-refractivity contribution in [2.24, 2.45) is 0 Å². The van der Waals surface area contributed by atoms with E-state index in [9.17, 15) is 4.79 Å². The molecule has 0 aliphatic heterocycles. The van der Waals surface area contributed by atoms with Crippen LogP contribution in [-0.4, -0.2) is 21.7 Å². The number of thiazole rings is 1. The zero-order chi connectivity index (χ0) is 17.2. The molecule has 0 aliphatic rings. The Morgan fingerprint density at radius 2 is 1.96 bits per heavy atom. The Balaban J connectivity index is 1.78. The van der Waals surface area contributed by atoms with Crippen LogP contribution in [0.2, 0.25) is 0 Å². The van der Waals surface area contributed by atoms with Crippen molar-refractivity contribution in [2.45, 2.75) is 6.42 Å². The average molecular weight is 349 g/mol. The topological polar surface area (TPSA) is 56.5 Å². The number of ether oxygens (including phenoxy) is 1. The van der Waals surface area contributed by atoms with Gasteiger partial charge in [-0.25, -0.2) is 4.40 Å². The zero-order valence-corrected chi connectivity index (χ0v) is 14.4. The van der Waals surface area contributed by atoms with Gasteiger partial charge in [-0.15, -0.1) is 10.2 Å². The van der Waals surface area contributed by atoms with Gasteiger partial charge in [0.1, 0.15) is 11.6 Å². The molecule has 0 saturated heterocycles. The van der Waals surface area contributed by atoms with Crippen LogP contribution < -0.4 is 14.8 Å². The van der Waals surface area contributed by atoms with Crippen LogP contribution in [0.4, 0.5) is 0 Å². The lowest BCUT2D eigenvalue weighted by Crippen LogP contribution is -2.24. The van der Waals surface area contributed by atoms with Crippen molar-refractivity contribution in [3.8, 4) is 5.75 Å². The van der Waals surface area contributed by atoms with Gasteiger partial charge in [0, 0.05) is 6.42 Å². The molecule has 2 heterocycles. The SMILES string of the molecule is COc1cccc(C=c2sc3nnc(Cc4ccccc4)n3c2=O)c1. The van der Waals surface area contributed by atoms with E-state index in [0.717, 1.165) is 16.9 Å². The van der Waals surface area contributed by atoms with Gasteiger partial charge in [0.05, 0.1) is 11.6 Å². The second-order valence-electron chi connectivity index (χ2n) is 5.59. The first-order chi connectivity index (χ1) is 12.2. The van der Waals surface area contributed by atoms with Crippen molar-refractivity contribution in [3.63, 3.8) is 0 Å². The van der Waals surface area contributed by atoms with E-state index < -0.39 is 0 Å². The molecule has 0 amide bonds. The molecule has 0 fully saturated rings. The molecule has 4 aromatic rings. The number of nitrogens with zero attached hydrogens (tertiary/aromatic N) is 3. The van der Waals surface area contributed by atoms with Gasteiger partial charge >= 0.3 is 0 Å². The highest BCUT2D eigenvalue weighted by molar-refractivity contribution is 7.15. The summed E-state index contributed by atoms with van der Waals surface area (Å²) in [5.74, 6) is 1.42. The van der Waals surface area contributed by atoms with E-state index in [1.807, 2.05) is 60.7 Å². The van der Waals surface area contributed by atoms with Crippen molar-refractivity contribution >= 4 is 22.4 Å². The Hall–Kier alpha value is -2.99. The molecule has 2 aromatic carbocycles. The second-order valence-corrected chi connectivity index (χ2v) is 6.60. The summed E-state index contributed by atoms with van der Waals surface area (Å²) in [6, 6.07) is 17.5. The lowest BCUT2D eigenvalue weighted by molar-refractivity contribution is 0.414. The third-order valence-electron chi connectivity index (χ3n) is 3.91. The minimum absolute atomic E-state index is 0.0845. The summed E-state index contributed by atoms with van der Waals surface area (Å²) in [6.07, 6.45) is 2.43. The van der Waals surface area contributed by atoms with E-state index in [2.05, 4.69) is 10.2 Å². The van der Waals surface area contributed by atoms with E-state index in [1.54, 1.807) is 11.5 Å². The number of hydrogen-bond acceptors (Lipinski definition) is 5. The summed E-state index contributed by atoms with van der Waals surface area (Å²) < 4.78 is 7.46. The largest absolute Gasteiger partial charge is 0.497 e. The minimum atomic E-state index is -0.0845. The van der Waals surface area contributed by atoms with Gasteiger partial charge in [0.2, 0.25) is 4.96 Å². The van der Waals surface area contributed by atoms with Gasteiger partial charge in [-0.2, -0.15) is 0 Å². The summed E-state index contributed by atoms with van der Waals surface area (Å²) >= 11 is 1.34. The van der Waals surface area contributed by atoms with Crippen LogP contribution in [-0.2, 0) is 6.42 Å². The molecule has 5 nitrogen and oxygen atoms in total. The predicted molar refractivity (Wildman–Crippen MR) is 98.2 cm³/mol. The molecule has 0 saturated carbocycles. The van der Waals surface area contributed by atoms with Crippen molar-refractivity contribution in [1.29, 1.82) is 0 Å². The normalized spacial score (nSPS) is 12.0. The summed E-state index contributed by atoms with van der Waals surface area (Å²) in [5.41, 5.74) is 1.93. The maximum Gasteiger partial charge on any atom is 0.275 e. The molecule has 0 unspecified atom stereocenters. The van der Waals surface area contributed by atoms with Crippen molar-refractivity contribution in [2.75, 3.05) is 7.11 Å². The number of aromatic nitrogens is 3. The fraction of sp³-hybridized carbons (Fsp3) is 0.105. The van der Waals surface area contributed by atoms with E-state index in [-0.39, 0.29) is 5.56 Å². The van der Waals surface area contributed by atoms with E-state index >= 15 is 0 Å². The summed E-state index contributed by atoms with van der Waals surface area (Å²) in [5, 5.41) is 8.33. The van der Waals surface area contributed by atoms with Gasteiger partial charge < -0.3 is 4.74 Å². The third-order valence-corrected chi connectivity index (χ3v) is 4.87. The molecule has 0 spiro atoms. The zero-order valence-electron chi connectivity index (χ0n) is 13.5. The molecule has 124 valence electrons. The van der Waals surface area contributed by atoms with Crippen LogP contribution in [0.15, 0.2) is 59.4 Å². The number of rotatable bonds is 4. The second kappa shape index (κ2) is 6.49. The van der Waals surface area contributed by atoms with Gasteiger partial charge in [-0.1, -0.05) is 53.8 Å². The number of hydrogen-bond donors (Lipinski definition) is 0. The molecular weight excluding hydrogens is 334 g/mol. The molecule has 0 atom stereocenters. The number of fused-ring (bicyclic) bond motifs is 1. The van der Waals surface area contributed by atoms with Gasteiger partial charge in [-0.3, -0.25) is 4.79 Å². The van der Waals surface area contributed by atoms with Crippen LogP contribution in [0.1, 0.15) is 17.0 Å². The first-order valence-corrected chi connectivity index (χ1v) is 8.63. The molecule has 25 heavy (non-hydrogen) atoms. The number of benzene rings is 2. The highest BCUT2D eigenvalue weighted by Gasteiger charge is 2.12. The van der Waals surface area contributed by atoms with E-state index in [4.69, 9.17) is 4.74 Å². The summed E-state index contributed by atoms with van der Waals surface area (Å²) in [7, 11) is 1.62. The average Bonchev–Trinajstić information content (AvgIpc) is 3.17. The minimum Gasteiger partial charge on any atom is -0.497 e. The monoisotopic (exact) mass is 349 g/mol. The van der Waals surface area contributed by atoms with Gasteiger partial charge in [0.15, 0.2) is 0 Å². The predicted octanol–water partition coefficient (Wildman–Crippen LogP) is 2.30. The quantitative estimate of drug-likeness (QED) is 0.567. The van der Waals surface area contributed by atoms with E-state index in [1.165, 1.54) is 11.3 Å². The van der Waals surface area contributed by atoms with Crippen LogP contribution in [0, 0.1) is 0 Å². The Kier molecular flexibility index (Phi) is 4.03. The molecule has 0 N–H and O–H groups in total. The molecule has 0 aliphatic carbocycles. The maximum absolute atomic E-state index is 12.8. The smallest absolute Gasteiger partial charge is 0.275 e. The fourth-order valence-electron chi connectivity index (χ4n) is 2.69. The van der Waals surface area contributed by atoms with E-state index in [0.29, 0.717) is 21.7 Å². The summed E-state index contributed by atoms with van der Waals surface area (Å²) in [4.78, 5) is 13.4. The Bertz CT molecular complexity index is 1130. The molecular formula is C19H15N3O2S.